The van der Waals surface area contributed by atoms with E-state index in [1.165, 1.54) is 0 Å². The maximum atomic E-state index is 10.3. The van der Waals surface area contributed by atoms with Crippen LogP contribution in [0.5, 0.6) is 0 Å². The van der Waals surface area contributed by atoms with Gasteiger partial charge in [0.15, 0.2) is 0 Å². The average molecular weight is 386 g/mol. The summed E-state index contributed by atoms with van der Waals surface area (Å²) in [5.41, 5.74) is 5.10. The Morgan fingerprint density at radius 1 is 0.966 bits per heavy atom. The van der Waals surface area contributed by atoms with Gasteiger partial charge in [-0.2, -0.15) is 0 Å². The van der Waals surface area contributed by atoms with Gasteiger partial charge in [-0.3, -0.25) is 0 Å². The molecule has 0 bridgehead atoms. The number of anilines is 1. The fourth-order valence-corrected chi connectivity index (χ4v) is 3.00. The molecule has 3 aromatic carbocycles. The monoisotopic (exact) mass is 385 g/mol. The van der Waals surface area contributed by atoms with Gasteiger partial charge in [0.2, 0.25) is 0 Å². The molecule has 29 heavy (non-hydrogen) atoms. The van der Waals surface area contributed by atoms with Crippen LogP contribution in [0.4, 0.5) is 5.69 Å². The van der Waals surface area contributed by atoms with Crippen LogP contribution in [-0.2, 0) is 11.3 Å². The first-order valence-electron chi connectivity index (χ1n) is 9.71. The third-order valence-corrected chi connectivity index (χ3v) is 4.56. The van der Waals surface area contributed by atoms with E-state index < -0.39 is 6.10 Å². The number of aliphatic hydroxyl groups excluding tert-OH is 1. The molecule has 3 heteroatoms. The molecular formula is C26H27NO2. The van der Waals surface area contributed by atoms with E-state index in [0.717, 1.165) is 28.1 Å². The molecular weight excluding hydrogens is 358 g/mol. The van der Waals surface area contributed by atoms with Crippen molar-refractivity contribution >= 4 is 5.69 Å². The Labute approximate surface area is 173 Å². The van der Waals surface area contributed by atoms with Crippen molar-refractivity contribution in [2.45, 2.75) is 26.6 Å². The van der Waals surface area contributed by atoms with E-state index in [2.05, 4.69) is 30.8 Å². The van der Waals surface area contributed by atoms with Crippen LogP contribution in [-0.4, -0.2) is 11.2 Å². The van der Waals surface area contributed by atoms with Crippen molar-refractivity contribution < 1.29 is 9.84 Å². The molecule has 0 saturated carbocycles. The quantitative estimate of drug-likeness (QED) is 0.473. The molecule has 3 aromatic rings. The number of hydrogen-bond acceptors (Lipinski definition) is 3. The number of ether oxygens (including phenoxy) is 1. The van der Waals surface area contributed by atoms with Gasteiger partial charge in [0.25, 0.3) is 0 Å². The summed E-state index contributed by atoms with van der Waals surface area (Å²) in [6.07, 6.45) is 1.08. The fraction of sp³-hybridized carbons (Fsp3) is 0.154. The standard InChI is InChI=1S/C26H27NO2/c1-20(2)27(18-26(21(3)28)29-19-22-11-6-4-7-12-22)25-16-10-15-24(17-25)23-13-8-5-9-14-23/h4-18,21,28H,1,19H2,2-3H3/b26-18+. The van der Waals surface area contributed by atoms with Gasteiger partial charge < -0.3 is 14.7 Å². The zero-order valence-electron chi connectivity index (χ0n) is 17.0. The second-order valence-electron chi connectivity index (χ2n) is 7.00. The minimum Gasteiger partial charge on any atom is -0.489 e. The Morgan fingerprint density at radius 2 is 1.59 bits per heavy atom. The summed E-state index contributed by atoms with van der Waals surface area (Å²) in [7, 11) is 0. The largest absolute Gasteiger partial charge is 0.489 e. The van der Waals surface area contributed by atoms with E-state index in [1.807, 2.05) is 78.7 Å². The molecule has 0 aliphatic rings. The molecule has 0 aliphatic heterocycles. The number of allylic oxidation sites excluding steroid dienone is 1. The lowest BCUT2D eigenvalue weighted by atomic mass is 10.0. The zero-order valence-corrected chi connectivity index (χ0v) is 17.0. The number of nitrogens with zero attached hydrogens (tertiary/aromatic N) is 1. The molecule has 0 fully saturated rings. The SMILES string of the molecule is C=C(C)N(/C=C(/OCc1ccccc1)C(C)O)c1cccc(-c2ccccc2)c1. The van der Waals surface area contributed by atoms with E-state index in [1.54, 1.807) is 6.92 Å². The Bertz CT molecular complexity index is 962. The summed E-state index contributed by atoms with van der Waals surface area (Å²) in [6.45, 7) is 8.14. The highest BCUT2D eigenvalue weighted by Gasteiger charge is 2.13. The van der Waals surface area contributed by atoms with Crippen LogP contribution in [0.2, 0.25) is 0 Å². The van der Waals surface area contributed by atoms with Crippen LogP contribution in [0, 0.1) is 0 Å². The molecule has 0 radical (unpaired) electrons. The normalized spacial score (nSPS) is 12.3. The summed E-state index contributed by atoms with van der Waals surface area (Å²) in [4.78, 5) is 1.94. The van der Waals surface area contributed by atoms with Crippen LogP contribution in [0.1, 0.15) is 19.4 Å². The third kappa shape index (κ3) is 5.59. The van der Waals surface area contributed by atoms with E-state index >= 15 is 0 Å². The van der Waals surface area contributed by atoms with Gasteiger partial charge in [-0.1, -0.05) is 79.4 Å². The Balaban J connectivity index is 1.88. The molecule has 0 spiro atoms. The predicted octanol–water partition coefficient (Wildman–Crippen LogP) is 6.13. The maximum absolute atomic E-state index is 10.3. The van der Waals surface area contributed by atoms with Crippen LogP contribution in [0.25, 0.3) is 11.1 Å². The van der Waals surface area contributed by atoms with Gasteiger partial charge in [-0.25, -0.2) is 0 Å². The Hall–Kier alpha value is -3.30. The van der Waals surface area contributed by atoms with Gasteiger partial charge in [0, 0.05) is 17.6 Å². The molecule has 3 rings (SSSR count). The minimum atomic E-state index is -0.738. The topological polar surface area (TPSA) is 32.7 Å². The lowest BCUT2D eigenvalue weighted by Crippen LogP contribution is -2.18. The summed E-state index contributed by atoms with van der Waals surface area (Å²) in [5.74, 6) is 0.488. The first-order valence-corrected chi connectivity index (χ1v) is 9.71. The zero-order chi connectivity index (χ0) is 20.6. The van der Waals surface area contributed by atoms with Crippen molar-refractivity contribution in [2.24, 2.45) is 0 Å². The first kappa shape index (κ1) is 20.4. The highest BCUT2D eigenvalue weighted by Crippen LogP contribution is 2.27. The van der Waals surface area contributed by atoms with Crippen LogP contribution >= 0.6 is 0 Å². The molecule has 1 atom stereocenters. The molecule has 0 aliphatic carbocycles. The van der Waals surface area contributed by atoms with Crippen molar-refractivity contribution in [3.8, 4) is 11.1 Å². The Kier molecular flexibility index (Phi) is 6.88. The van der Waals surface area contributed by atoms with Gasteiger partial charge in [-0.15, -0.1) is 0 Å². The molecule has 0 aromatic heterocycles. The first-order chi connectivity index (χ1) is 14.0. The Morgan fingerprint density at radius 3 is 2.21 bits per heavy atom. The number of rotatable bonds is 8. The molecule has 3 nitrogen and oxygen atoms in total. The number of aliphatic hydroxyl groups is 1. The second-order valence-corrected chi connectivity index (χ2v) is 7.00. The van der Waals surface area contributed by atoms with Crippen molar-refractivity contribution in [3.05, 3.63) is 115 Å². The molecule has 0 saturated heterocycles. The van der Waals surface area contributed by atoms with Crippen LogP contribution < -0.4 is 4.90 Å². The van der Waals surface area contributed by atoms with Crippen molar-refractivity contribution in [1.29, 1.82) is 0 Å². The second kappa shape index (κ2) is 9.76. The van der Waals surface area contributed by atoms with Crippen molar-refractivity contribution in [2.75, 3.05) is 4.90 Å². The fourth-order valence-electron chi connectivity index (χ4n) is 3.00. The highest BCUT2D eigenvalue weighted by atomic mass is 16.5. The number of benzene rings is 3. The van der Waals surface area contributed by atoms with E-state index in [0.29, 0.717) is 12.4 Å². The van der Waals surface area contributed by atoms with Gasteiger partial charge >= 0.3 is 0 Å². The molecule has 1 unspecified atom stereocenters. The summed E-state index contributed by atoms with van der Waals surface area (Å²) in [6, 6.07) is 28.4. The van der Waals surface area contributed by atoms with Gasteiger partial charge in [0.05, 0.1) is 0 Å². The maximum Gasteiger partial charge on any atom is 0.141 e. The molecule has 148 valence electrons. The summed E-state index contributed by atoms with van der Waals surface area (Å²) < 4.78 is 5.93. The summed E-state index contributed by atoms with van der Waals surface area (Å²) in [5, 5.41) is 10.3. The highest BCUT2D eigenvalue weighted by molar-refractivity contribution is 5.70. The lowest BCUT2D eigenvalue weighted by Gasteiger charge is -2.24. The predicted molar refractivity (Wildman–Crippen MR) is 120 cm³/mol. The van der Waals surface area contributed by atoms with Crippen molar-refractivity contribution in [3.63, 3.8) is 0 Å². The number of hydrogen-bond donors (Lipinski definition) is 1. The molecule has 1 N–H and O–H groups in total. The van der Waals surface area contributed by atoms with E-state index in [4.69, 9.17) is 4.74 Å². The van der Waals surface area contributed by atoms with Gasteiger partial charge in [-0.05, 0) is 42.7 Å². The minimum absolute atomic E-state index is 0.395. The summed E-state index contributed by atoms with van der Waals surface area (Å²) >= 11 is 0. The van der Waals surface area contributed by atoms with Gasteiger partial charge in [0.1, 0.15) is 18.5 Å². The van der Waals surface area contributed by atoms with Crippen molar-refractivity contribution in [1.82, 2.24) is 0 Å². The van der Waals surface area contributed by atoms with Crippen LogP contribution in [0.15, 0.2) is 109 Å². The van der Waals surface area contributed by atoms with E-state index in [9.17, 15) is 5.11 Å². The smallest absolute Gasteiger partial charge is 0.141 e. The third-order valence-electron chi connectivity index (χ3n) is 4.56. The molecule has 0 heterocycles. The van der Waals surface area contributed by atoms with E-state index in [-0.39, 0.29) is 0 Å². The lowest BCUT2D eigenvalue weighted by molar-refractivity contribution is 0.104. The average Bonchev–Trinajstić information content (AvgIpc) is 2.75. The van der Waals surface area contributed by atoms with Crippen LogP contribution in [0.3, 0.4) is 0 Å². The molecule has 0 amide bonds.